The monoisotopic (exact) mass is 259 g/mol. The number of hydrogen-bond acceptors (Lipinski definition) is 3. The summed E-state index contributed by atoms with van der Waals surface area (Å²) in [4.78, 5) is 16.5. The van der Waals surface area contributed by atoms with E-state index in [1.54, 1.807) is 6.20 Å². The molecule has 4 nitrogen and oxygen atoms in total. The van der Waals surface area contributed by atoms with Crippen LogP contribution in [0, 0.1) is 12.8 Å². The second-order valence-electron chi connectivity index (χ2n) is 5.76. The molecule has 0 radical (unpaired) electrons. The zero-order valence-corrected chi connectivity index (χ0v) is 11.4. The smallest absolute Gasteiger partial charge is 0.242 e. The molecule has 1 aromatic rings. The van der Waals surface area contributed by atoms with Gasteiger partial charge in [0.1, 0.15) is 5.82 Å². The summed E-state index contributed by atoms with van der Waals surface area (Å²) in [6.45, 7) is 1.96. The molecule has 2 aliphatic rings. The van der Waals surface area contributed by atoms with Crippen LogP contribution in [0.5, 0.6) is 0 Å². The standard InChI is InChI=1S/C15H21N3O/c1-10-5-4-8-16-14(10)18-15(19)13-9-11-6-2-3-7-12(11)17-13/h4-5,8,11-13,17H,2-3,6-7,9H2,1H3,(H,16,18,19). The van der Waals surface area contributed by atoms with Crippen LogP contribution in [-0.2, 0) is 4.79 Å². The van der Waals surface area contributed by atoms with Crippen LogP contribution >= 0.6 is 0 Å². The Kier molecular flexibility index (Phi) is 3.51. The lowest BCUT2D eigenvalue weighted by Crippen LogP contribution is -2.40. The van der Waals surface area contributed by atoms with Crippen molar-refractivity contribution in [3.05, 3.63) is 23.9 Å². The molecular formula is C15H21N3O. The van der Waals surface area contributed by atoms with Gasteiger partial charge in [0.25, 0.3) is 0 Å². The lowest BCUT2D eigenvalue weighted by Gasteiger charge is -2.24. The van der Waals surface area contributed by atoms with Gasteiger partial charge in [-0.15, -0.1) is 0 Å². The molecule has 1 saturated carbocycles. The van der Waals surface area contributed by atoms with Crippen LogP contribution in [0.4, 0.5) is 5.82 Å². The van der Waals surface area contributed by atoms with Crippen LogP contribution in [0.25, 0.3) is 0 Å². The third-order valence-electron chi connectivity index (χ3n) is 4.43. The van der Waals surface area contributed by atoms with Crippen molar-refractivity contribution in [3.8, 4) is 0 Å². The van der Waals surface area contributed by atoms with Gasteiger partial charge in [-0.25, -0.2) is 4.98 Å². The molecule has 0 spiro atoms. The predicted octanol–water partition coefficient (Wildman–Crippen LogP) is 2.25. The number of aromatic nitrogens is 1. The zero-order chi connectivity index (χ0) is 13.2. The van der Waals surface area contributed by atoms with E-state index in [9.17, 15) is 4.79 Å². The highest BCUT2D eigenvalue weighted by atomic mass is 16.2. The van der Waals surface area contributed by atoms with Gasteiger partial charge in [0.2, 0.25) is 5.91 Å². The van der Waals surface area contributed by atoms with E-state index in [4.69, 9.17) is 0 Å². The molecule has 1 aromatic heterocycles. The van der Waals surface area contributed by atoms with Crippen molar-refractivity contribution in [3.63, 3.8) is 0 Å². The molecule has 1 amide bonds. The molecule has 1 aliphatic carbocycles. The summed E-state index contributed by atoms with van der Waals surface area (Å²) in [5.41, 5.74) is 1.01. The number of nitrogens with one attached hydrogen (secondary N) is 2. The fourth-order valence-electron chi connectivity index (χ4n) is 3.34. The third kappa shape index (κ3) is 2.63. The molecule has 4 heteroatoms. The minimum Gasteiger partial charge on any atom is -0.309 e. The topological polar surface area (TPSA) is 54.0 Å². The average Bonchev–Trinajstić information content (AvgIpc) is 2.85. The number of amides is 1. The minimum absolute atomic E-state index is 0.0468. The van der Waals surface area contributed by atoms with Crippen molar-refractivity contribution in [1.82, 2.24) is 10.3 Å². The van der Waals surface area contributed by atoms with E-state index in [1.165, 1.54) is 25.7 Å². The molecule has 1 saturated heterocycles. The number of hydrogen-bond donors (Lipinski definition) is 2. The second kappa shape index (κ2) is 5.29. The number of carbonyl (C=O) groups is 1. The fourth-order valence-corrected chi connectivity index (χ4v) is 3.34. The van der Waals surface area contributed by atoms with Gasteiger partial charge >= 0.3 is 0 Å². The Morgan fingerprint density at radius 1 is 1.42 bits per heavy atom. The molecular weight excluding hydrogens is 238 g/mol. The molecule has 2 N–H and O–H groups in total. The molecule has 1 aliphatic heterocycles. The fraction of sp³-hybridized carbons (Fsp3) is 0.600. The first-order valence-electron chi connectivity index (χ1n) is 7.22. The largest absolute Gasteiger partial charge is 0.309 e. The van der Waals surface area contributed by atoms with Gasteiger partial charge in [0, 0.05) is 12.2 Å². The van der Waals surface area contributed by atoms with Crippen molar-refractivity contribution in [2.45, 2.75) is 51.1 Å². The van der Waals surface area contributed by atoms with Crippen molar-refractivity contribution in [1.29, 1.82) is 0 Å². The maximum absolute atomic E-state index is 12.3. The summed E-state index contributed by atoms with van der Waals surface area (Å²) in [6.07, 6.45) is 7.78. The molecule has 0 bridgehead atoms. The molecule has 0 aromatic carbocycles. The maximum atomic E-state index is 12.3. The normalized spacial score (nSPS) is 29.8. The van der Waals surface area contributed by atoms with Crippen LogP contribution in [0.15, 0.2) is 18.3 Å². The van der Waals surface area contributed by atoms with Gasteiger partial charge in [-0.1, -0.05) is 18.9 Å². The number of nitrogens with zero attached hydrogens (tertiary/aromatic N) is 1. The molecule has 19 heavy (non-hydrogen) atoms. The molecule has 3 atom stereocenters. The van der Waals surface area contributed by atoms with Crippen LogP contribution in [0.2, 0.25) is 0 Å². The van der Waals surface area contributed by atoms with E-state index in [-0.39, 0.29) is 11.9 Å². The molecule has 3 rings (SSSR count). The van der Waals surface area contributed by atoms with E-state index < -0.39 is 0 Å². The maximum Gasteiger partial charge on any atom is 0.242 e. The minimum atomic E-state index is -0.0468. The zero-order valence-electron chi connectivity index (χ0n) is 11.4. The van der Waals surface area contributed by atoms with Gasteiger partial charge < -0.3 is 10.6 Å². The van der Waals surface area contributed by atoms with Gasteiger partial charge in [-0.05, 0) is 43.7 Å². The van der Waals surface area contributed by atoms with Crippen molar-refractivity contribution in [2.24, 2.45) is 5.92 Å². The number of fused-ring (bicyclic) bond motifs is 1. The SMILES string of the molecule is Cc1cccnc1NC(=O)C1CC2CCCCC2N1. The Labute approximate surface area is 114 Å². The van der Waals surface area contributed by atoms with Crippen LogP contribution in [0.3, 0.4) is 0 Å². The summed E-state index contributed by atoms with van der Waals surface area (Å²) < 4.78 is 0. The number of pyridine rings is 1. The molecule has 3 unspecified atom stereocenters. The number of aryl methyl sites for hydroxylation is 1. The lowest BCUT2D eigenvalue weighted by atomic mass is 9.85. The molecule has 2 fully saturated rings. The Morgan fingerprint density at radius 3 is 3.05 bits per heavy atom. The summed E-state index contributed by atoms with van der Waals surface area (Å²) in [7, 11) is 0. The second-order valence-corrected chi connectivity index (χ2v) is 5.76. The first-order valence-corrected chi connectivity index (χ1v) is 7.22. The van der Waals surface area contributed by atoms with E-state index in [1.807, 2.05) is 19.1 Å². The molecule has 2 heterocycles. The predicted molar refractivity (Wildman–Crippen MR) is 74.9 cm³/mol. The van der Waals surface area contributed by atoms with Crippen molar-refractivity contribution < 1.29 is 4.79 Å². The number of carbonyl (C=O) groups excluding carboxylic acids is 1. The average molecular weight is 259 g/mol. The van der Waals surface area contributed by atoms with Crippen LogP contribution < -0.4 is 10.6 Å². The Hall–Kier alpha value is -1.42. The molecule has 102 valence electrons. The number of rotatable bonds is 2. The summed E-state index contributed by atoms with van der Waals surface area (Å²) in [6, 6.07) is 4.35. The summed E-state index contributed by atoms with van der Waals surface area (Å²) >= 11 is 0. The van der Waals surface area contributed by atoms with Gasteiger partial charge in [0.05, 0.1) is 6.04 Å². The van der Waals surface area contributed by atoms with E-state index in [0.717, 1.165) is 12.0 Å². The van der Waals surface area contributed by atoms with E-state index >= 15 is 0 Å². The van der Waals surface area contributed by atoms with E-state index in [0.29, 0.717) is 17.8 Å². The van der Waals surface area contributed by atoms with Gasteiger partial charge in [-0.3, -0.25) is 4.79 Å². The van der Waals surface area contributed by atoms with Crippen molar-refractivity contribution in [2.75, 3.05) is 5.32 Å². The van der Waals surface area contributed by atoms with Crippen LogP contribution in [0.1, 0.15) is 37.7 Å². The van der Waals surface area contributed by atoms with Gasteiger partial charge in [0.15, 0.2) is 0 Å². The van der Waals surface area contributed by atoms with Crippen molar-refractivity contribution >= 4 is 11.7 Å². The Balaban J connectivity index is 1.64. The lowest BCUT2D eigenvalue weighted by molar-refractivity contribution is -0.117. The van der Waals surface area contributed by atoms with Gasteiger partial charge in [-0.2, -0.15) is 0 Å². The highest BCUT2D eigenvalue weighted by Gasteiger charge is 2.38. The highest BCUT2D eigenvalue weighted by Crippen LogP contribution is 2.33. The third-order valence-corrected chi connectivity index (χ3v) is 4.43. The summed E-state index contributed by atoms with van der Waals surface area (Å²) in [5, 5.41) is 6.44. The quantitative estimate of drug-likeness (QED) is 0.856. The summed E-state index contributed by atoms with van der Waals surface area (Å²) in [5.74, 6) is 1.44. The number of anilines is 1. The van der Waals surface area contributed by atoms with Crippen LogP contribution in [-0.4, -0.2) is 23.0 Å². The first kappa shape index (κ1) is 12.6. The highest BCUT2D eigenvalue weighted by molar-refractivity contribution is 5.94. The van der Waals surface area contributed by atoms with E-state index in [2.05, 4.69) is 15.6 Å². The first-order chi connectivity index (χ1) is 9.24. The Morgan fingerprint density at radius 2 is 2.26 bits per heavy atom. The Bertz CT molecular complexity index is 460.